The molecule has 28 heavy (non-hydrogen) atoms. The predicted molar refractivity (Wildman–Crippen MR) is 92.8 cm³/mol. The van der Waals surface area contributed by atoms with Crippen molar-refractivity contribution in [1.29, 1.82) is 0 Å². The van der Waals surface area contributed by atoms with Crippen LogP contribution in [-0.4, -0.2) is 24.7 Å². The molecule has 0 amide bonds. The highest BCUT2D eigenvalue weighted by atomic mass is 32.2. The molecule has 10 heteroatoms. The number of hydrogen-bond donors (Lipinski definition) is 0. The molecule has 0 spiro atoms. The third-order valence-electron chi connectivity index (χ3n) is 3.72. The fourth-order valence-corrected chi connectivity index (χ4v) is 3.37. The highest BCUT2D eigenvalue weighted by Gasteiger charge is 2.25. The summed E-state index contributed by atoms with van der Waals surface area (Å²) in [5, 5.41) is 8.03. The molecule has 0 radical (unpaired) electrons. The van der Waals surface area contributed by atoms with Crippen molar-refractivity contribution in [3.05, 3.63) is 78.4 Å². The quantitative estimate of drug-likeness (QED) is 0.373. The number of aromatic nitrogens is 5. The van der Waals surface area contributed by atoms with Gasteiger partial charge in [0.1, 0.15) is 0 Å². The smallest absolute Gasteiger partial charge is 0.252 e. The van der Waals surface area contributed by atoms with E-state index in [1.807, 2.05) is 0 Å². The van der Waals surface area contributed by atoms with Gasteiger partial charge in [-0.2, -0.15) is 13.8 Å². The van der Waals surface area contributed by atoms with Gasteiger partial charge in [0, 0.05) is 23.6 Å². The van der Waals surface area contributed by atoms with Crippen molar-refractivity contribution in [3.63, 3.8) is 0 Å². The second-order valence-corrected chi connectivity index (χ2v) is 6.45. The maximum atomic E-state index is 14.1. The van der Waals surface area contributed by atoms with Gasteiger partial charge in [-0.25, -0.2) is 8.78 Å². The minimum Gasteiger partial charge on any atom is -0.270 e. The topological polar surface area (TPSA) is 56.5 Å². The highest BCUT2D eigenvalue weighted by molar-refractivity contribution is 7.99. The minimum atomic E-state index is -1.74. The highest BCUT2D eigenvalue weighted by Crippen LogP contribution is 2.35. The molecule has 5 nitrogen and oxygen atoms in total. The van der Waals surface area contributed by atoms with E-state index >= 15 is 0 Å². The van der Waals surface area contributed by atoms with Crippen molar-refractivity contribution >= 4 is 11.8 Å². The number of hydrogen-bond acceptors (Lipinski definition) is 5. The van der Waals surface area contributed by atoms with Crippen molar-refractivity contribution in [1.82, 2.24) is 24.7 Å². The van der Waals surface area contributed by atoms with Gasteiger partial charge in [0.25, 0.3) is 11.9 Å². The molecule has 1 aromatic carbocycles. The molecule has 0 aliphatic rings. The average Bonchev–Trinajstić information content (AvgIpc) is 3.14. The molecule has 0 aliphatic carbocycles. The molecule has 0 saturated carbocycles. The van der Waals surface area contributed by atoms with Crippen LogP contribution in [0.2, 0.25) is 0 Å². The monoisotopic (exact) mass is 403 g/mol. The van der Waals surface area contributed by atoms with Crippen molar-refractivity contribution < 1.29 is 17.6 Å². The van der Waals surface area contributed by atoms with Crippen molar-refractivity contribution in [2.24, 2.45) is 0 Å². The number of para-hydroxylation sites is 1. The Hall–Kier alpha value is -3.27. The maximum Gasteiger partial charge on any atom is 0.252 e. The van der Waals surface area contributed by atoms with E-state index in [-0.39, 0.29) is 5.16 Å². The summed E-state index contributed by atoms with van der Waals surface area (Å²) in [7, 11) is 0. The zero-order valence-corrected chi connectivity index (χ0v) is 14.7. The van der Waals surface area contributed by atoms with Crippen molar-refractivity contribution in [2.75, 3.05) is 0 Å². The van der Waals surface area contributed by atoms with Crippen LogP contribution >= 0.6 is 11.8 Å². The molecule has 3 heterocycles. The van der Waals surface area contributed by atoms with Crippen molar-refractivity contribution in [3.8, 4) is 17.1 Å². The van der Waals surface area contributed by atoms with Gasteiger partial charge in [0.2, 0.25) is 5.16 Å². The first kappa shape index (κ1) is 18.1. The molecular weight excluding hydrogens is 394 g/mol. The maximum absolute atomic E-state index is 14.1. The van der Waals surface area contributed by atoms with Crippen LogP contribution in [0.25, 0.3) is 17.1 Å². The molecule has 4 aromatic rings. The summed E-state index contributed by atoms with van der Waals surface area (Å²) < 4.78 is 56.5. The van der Waals surface area contributed by atoms with Crippen molar-refractivity contribution in [2.45, 2.75) is 10.1 Å². The summed E-state index contributed by atoms with van der Waals surface area (Å²) in [4.78, 5) is 5.69. The number of pyridine rings is 2. The number of rotatable bonds is 4. The lowest BCUT2D eigenvalue weighted by Crippen LogP contribution is -2.04. The lowest BCUT2D eigenvalue weighted by molar-refractivity contribution is 0.383. The van der Waals surface area contributed by atoms with E-state index in [0.717, 1.165) is 0 Å². The molecule has 0 unspecified atom stereocenters. The first-order valence-corrected chi connectivity index (χ1v) is 8.67. The number of nitrogens with zero attached hydrogens (tertiary/aromatic N) is 5. The van der Waals surface area contributed by atoms with E-state index in [1.165, 1.54) is 4.57 Å². The Balaban J connectivity index is 1.89. The van der Waals surface area contributed by atoms with E-state index in [9.17, 15) is 17.6 Å². The fourth-order valence-electron chi connectivity index (χ4n) is 2.48. The number of benzene rings is 1. The van der Waals surface area contributed by atoms with E-state index in [4.69, 9.17) is 0 Å². The van der Waals surface area contributed by atoms with Crippen LogP contribution in [0.4, 0.5) is 17.6 Å². The SMILES string of the molecule is Fc1nc(F)c(F)c(Sc2nnc(-c3cccnc3)n2-c2ccccc2)c1F. The molecule has 0 fully saturated rings. The standard InChI is InChI=1S/C18H9F4N5S/c19-12-14(13(20)16(22)24-15(12)21)28-18-26-25-17(10-5-4-8-23-9-10)27(18)11-6-2-1-3-7-11/h1-9H. The Labute approximate surface area is 160 Å². The Kier molecular flexibility index (Phi) is 4.78. The van der Waals surface area contributed by atoms with Crippen LogP contribution in [0.15, 0.2) is 64.9 Å². The Morgan fingerprint density at radius 1 is 0.821 bits per heavy atom. The molecule has 4 rings (SSSR count). The van der Waals surface area contributed by atoms with Gasteiger partial charge >= 0.3 is 0 Å². The van der Waals surface area contributed by atoms with E-state index in [0.29, 0.717) is 28.8 Å². The molecule has 0 atom stereocenters. The Morgan fingerprint density at radius 2 is 1.54 bits per heavy atom. The van der Waals surface area contributed by atoms with Crippen LogP contribution in [0.3, 0.4) is 0 Å². The normalized spacial score (nSPS) is 11.0. The van der Waals surface area contributed by atoms with Gasteiger partial charge in [0.05, 0.1) is 4.90 Å². The van der Waals surface area contributed by atoms with Crippen LogP contribution in [0.5, 0.6) is 0 Å². The van der Waals surface area contributed by atoms with Gasteiger partial charge in [-0.3, -0.25) is 9.55 Å². The summed E-state index contributed by atoms with van der Waals surface area (Å²) in [6.45, 7) is 0. The summed E-state index contributed by atoms with van der Waals surface area (Å²) in [5.74, 6) is -6.33. The van der Waals surface area contributed by atoms with Gasteiger partial charge in [-0.15, -0.1) is 10.2 Å². The first-order valence-electron chi connectivity index (χ1n) is 7.85. The van der Waals surface area contributed by atoms with Gasteiger partial charge in [-0.05, 0) is 36.0 Å². The van der Waals surface area contributed by atoms with E-state index in [1.54, 1.807) is 54.9 Å². The third-order valence-corrected chi connectivity index (χ3v) is 4.73. The van der Waals surface area contributed by atoms with Crippen LogP contribution < -0.4 is 0 Å². The fraction of sp³-hybridized carbons (Fsp3) is 0. The zero-order valence-electron chi connectivity index (χ0n) is 13.9. The zero-order chi connectivity index (χ0) is 19.7. The first-order chi connectivity index (χ1) is 13.6. The van der Waals surface area contributed by atoms with Gasteiger partial charge < -0.3 is 0 Å². The average molecular weight is 403 g/mol. The van der Waals surface area contributed by atoms with Gasteiger partial charge in [-0.1, -0.05) is 18.2 Å². The third kappa shape index (κ3) is 3.22. The minimum absolute atomic E-state index is 0.00727. The molecular formula is C18H9F4N5S. The Morgan fingerprint density at radius 3 is 2.18 bits per heavy atom. The number of halogens is 4. The van der Waals surface area contributed by atoms with E-state index < -0.39 is 28.4 Å². The van der Waals surface area contributed by atoms with Crippen LogP contribution in [-0.2, 0) is 0 Å². The summed E-state index contributed by atoms with van der Waals surface area (Å²) in [6, 6.07) is 12.2. The van der Waals surface area contributed by atoms with Crippen LogP contribution in [0, 0.1) is 23.5 Å². The lowest BCUT2D eigenvalue weighted by atomic mass is 10.2. The Bertz CT molecular complexity index is 1110. The molecule has 0 saturated heterocycles. The molecule has 0 aliphatic heterocycles. The lowest BCUT2D eigenvalue weighted by Gasteiger charge is -2.11. The molecule has 3 aromatic heterocycles. The summed E-state index contributed by atoms with van der Waals surface area (Å²) in [5.41, 5.74) is 1.18. The summed E-state index contributed by atoms with van der Waals surface area (Å²) in [6.07, 6.45) is 3.13. The van der Waals surface area contributed by atoms with Crippen LogP contribution in [0.1, 0.15) is 0 Å². The second kappa shape index (κ2) is 7.39. The molecule has 0 bridgehead atoms. The summed E-state index contributed by atoms with van der Waals surface area (Å²) >= 11 is 0.405. The molecule has 140 valence electrons. The predicted octanol–water partition coefficient (Wildman–Crippen LogP) is 4.43. The van der Waals surface area contributed by atoms with E-state index in [2.05, 4.69) is 20.2 Å². The second-order valence-electron chi connectivity index (χ2n) is 5.47. The van der Waals surface area contributed by atoms with Gasteiger partial charge in [0.15, 0.2) is 17.5 Å². The molecule has 0 N–H and O–H groups in total. The largest absolute Gasteiger partial charge is 0.270 e.